The zero-order valence-electron chi connectivity index (χ0n) is 17.4. The van der Waals surface area contributed by atoms with Gasteiger partial charge < -0.3 is 14.2 Å². The summed E-state index contributed by atoms with van der Waals surface area (Å²) >= 11 is 1.46. The number of thiazole rings is 1. The van der Waals surface area contributed by atoms with Gasteiger partial charge >= 0.3 is 5.97 Å². The molecule has 0 saturated carbocycles. The van der Waals surface area contributed by atoms with Crippen LogP contribution in [0.1, 0.15) is 20.9 Å². The van der Waals surface area contributed by atoms with Crippen LogP contribution in [-0.2, 0) is 0 Å². The second kappa shape index (κ2) is 9.33. The molecule has 0 aliphatic rings. The number of hydrogen-bond donors (Lipinski definition) is 0. The lowest BCUT2D eigenvalue weighted by molar-refractivity contribution is 0.0729. The molecule has 0 saturated heterocycles. The third-order valence-corrected chi connectivity index (χ3v) is 5.74. The molecule has 0 fully saturated rings. The number of esters is 1. The van der Waals surface area contributed by atoms with Crippen LogP contribution in [0.25, 0.3) is 21.9 Å². The van der Waals surface area contributed by atoms with Crippen molar-refractivity contribution in [1.29, 1.82) is 5.26 Å². The normalized spacial score (nSPS) is 11.1. The minimum absolute atomic E-state index is 0.281. The van der Waals surface area contributed by atoms with Gasteiger partial charge in [-0.1, -0.05) is 18.2 Å². The fourth-order valence-corrected chi connectivity index (χ4v) is 3.97. The Hall–Kier alpha value is -4.15. The van der Waals surface area contributed by atoms with E-state index in [4.69, 9.17) is 14.2 Å². The van der Waals surface area contributed by atoms with Crippen molar-refractivity contribution in [2.24, 2.45) is 0 Å². The second-order valence-corrected chi connectivity index (χ2v) is 7.72. The molecule has 158 valence electrons. The van der Waals surface area contributed by atoms with E-state index in [0.717, 1.165) is 15.8 Å². The average Bonchev–Trinajstić information content (AvgIpc) is 3.27. The predicted molar refractivity (Wildman–Crippen MR) is 124 cm³/mol. The van der Waals surface area contributed by atoms with Gasteiger partial charge in [0.25, 0.3) is 0 Å². The molecule has 7 heteroatoms. The zero-order chi connectivity index (χ0) is 22.5. The Labute approximate surface area is 188 Å². The van der Waals surface area contributed by atoms with E-state index in [1.165, 1.54) is 18.4 Å². The molecule has 1 aromatic heterocycles. The highest BCUT2D eigenvalue weighted by Gasteiger charge is 2.14. The van der Waals surface area contributed by atoms with Crippen molar-refractivity contribution in [3.8, 4) is 23.3 Å². The summed E-state index contributed by atoms with van der Waals surface area (Å²) in [6.45, 7) is 0. The van der Waals surface area contributed by atoms with Gasteiger partial charge in [0.1, 0.15) is 16.8 Å². The average molecular weight is 442 g/mol. The Kier molecular flexibility index (Phi) is 6.15. The number of ether oxygens (including phenoxy) is 3. The molecule has 6 nitrogen and oxygen atoms in total. The Morgan fingerprint density at radius 1 is 1.00 bits per heavy atom. The molecule has 4 rings (SSSR count). The first-order valence-electron chi connectivity index (χ1n) is 9.63. The minimum atomic E-state index is -0.513. The summed E-state index contributed by atoms with van der Waals surface area (Å²) in [5.41, 5.74) is 2.41. The van der Waals surface area contributed by atoms with Crippen molar-refractivity contribution in [3.63, 3.8) is 0 Å². The Morgan fingerprint density at radius 2 is 1.78 bits per heavy atom. The summed E-state index contributed by atoms with van der Waals surface area (Å²) in [7, 11) is 3.05. The number of hydrogen-bond acceptors (Lipinski definition) is 7. The van der Waals surface area contributed by atoms with Gasteiger partial charge in [0, 0.05) is 0 Å². The number of rotatable bonds is 6. The van der Waals surface area contributed by atoms with Crippen molar-refractivity contribution in [2.45, 2.75) is 0 Å². The lowest BCUT2D eigenvalue weighted by atomic mass is 10.1. The minimum Gasteiger partial charge on any atom is -0.497 e. The van der Waals surface area contributed by atoms with Crippen molar-refractivity contribution in [3.05, 3.63) is 82.9 Å². The molecule has 0 atom stereocenters. The van der Waals surface area contributed by atoms with Crippen LogP contribution >= 0.6 is 11.3 Å². The second-order valence-electron chi connectivity index (χ2n) is 6.68. The molecule has 32 heavy (non-hydrogen) atoms. The van der Waals surface area contributed by atoms with Crippen LogP contribution in [0.3, 0.4) is 0 Å². The van der Waals surface area contributed by atoms with E-state index in [-0.39, 0.29) is 5.75 Å². The van der Waals surface area contributed by atoms with Gasteiger partial charge in [-0.25, -0.2) is 9.78 Å². The van der Waals surface area contributed by atoms with Crippen LogP contribution in [0.4, 0.5) is 0 Å². The molecule has 3 aromatic carbocycles. The third-order valence-electron chi connectivity index (χ3n) is 4.67. The van der Waals surface area contributed by atoms with Gasteiger partial charge in [-0.05, 0) is 60.2 Å². The first-order valence-corrected chi connectivity index (χ1v) is 10.4. The molecule has 0 amide bonds. The molecular weight excluding hydrogens is 424 g/mol. The fraction of sp³-hybridized carbons (Fsp3) is 0.0800. The first-order chi connectivity index (χ1) is 15.6. The zero-order valence-corrected chi connectivity index (χ0v) is 18.2. The quantitative estimate of drug-likeness (QED) is 0.220. The maximum atomic E-state index is 12.5. The molecule has 4 aromatic rings. The van der Waals surface area contributed by atoms with Crippen LogP contribution in [0, 0.1) is 11.3 Å². The molecular formula is C25H18N2O4S. The van der Waals surface area contributed by atoms with Gasteiger partial charge in [0.15, 0.2) is 11.5 Å². The number of nitrogens with zero attached hydrogens (tertiary/aromatic N) is 2. The molecule has 0 aliphatic carbocycles. The first kappa shape index (κ1) is 21.1. The number of aromatic nitrogens is 1. The maximum absolute atomic E-state index is 12.5. The number of methoxy groups -OCH3 is 2. The van der Waals surface area contributed by atoms with Crippen LogP contribution in [0.15, 0.2) is 66.7 Å². The van der Waals surface area contributed by atoms with Gasteiger partial charge in [-0.15, -0.1) is 11.3 Å². The van der Waals surface area contributed by atoms with Gasteiger partial charge in [0.2, 0.25) is 0 Å². The van der Waals surface area contributed by atoms with Crippen LogP contribution in [0.2, 0.25) is 0 Å². The number of carbonyl (C=O) groups is 1. The van der Waals surface area contributed by atoms with E-state index < -0.39 is 5.97 Å². The van der Waals surface area contributed by atoms with Crippen LogP contribution in [0.5, 0.6) is 17.2 Å². The van der Waals surface area contributed by atoms with E-state index in [2.05, 4.69) is 11.1 Å². The number of para-hydroxylation sites is 1. The molecule has 1 heterocycles. The standard InChI is InChI=1S/C25H18N2O4S/c1-29-19-10-8-17(9-11-19)25(28)31-21-12-7-16(14-22(21)30-2)13-18(15-26)24-27-20-5-3-4-6-23(20)32-24/h3-14H,1-2H3. The van der Waals surface area contributed by atoms with E-state index >= 15 is 0 Å². The van der Waals surface area contributed by atoms with E-state index in [9.17, 15) is 10.1 Å². The van der Waals surface area contributed by atoms with E-state index in [1.807, 2.05) is 24.3 Å². The molecule has 0 N–H and O–H groups in total. The molecule has 0 radical (unpaired) electrons. The summed E-state index contributed by atoms with van der Waals surface area (Å²) in [6, 6.07) is 21.7. The monoisotopic (exact) mass is 442 g/mol. The summed E-state index contributed by atoms with van der Waals surface area (Å²) in [4.78, 5) is 17.0. The van der Waals surface area contributed by atoms with E-state index in [0.29, 0.717) is 27.6 Å². The molecule has 0 spiro atoms. The smallest absolute Gasteiger partial charge is 0.343 e. The van der Waals surface area contributed by atoms with Crippen molar-refractivity contribution in [1.82, 2.24) is 4.98 Å². The van der Waals surface area contributed by atoms with Crippen molar-refractivity contribution >= 4 is 39.2 Å². The molecule has 0 bridgehead atoms. The number of allylic oxidation sites excluding steroid dienone is 1. The van der Waals surface area contributed by atoms with Gasteiger partial charge in [-0.2, -0.15) is 5.26 Å². The van der Waals surface area contributed by atoms with Crippen LogP contribution < -0.4 is 14.2 Å². The lowest BCUT2D eigenvalue weighted by Gasteiger charge is -2.10. The Morgan fingerprint density at radius 3 is 2.47 bits per heavy atom. The summed E-state index contributed by atoms with van der Waals surface area (Å²) in [6.07, 6.45) is 1.73. The largest absolute Gasteiger partial charge is 0.497 e. The molecule has 0 unspecified atom stereocenters. The highest BCUT2D eigenvalue weighted by Crippen LogP contribution is 2.32. The van der Waals surface area contributed by atoms with Crippen LogP contribution in [-0.4, -0.2) is 25.2 Å². The number of fused-ring (bicyclic) bond motifs is 1. The fourth-order valence-electron chi connectivity index (χ4n) is 3.04. The number of nitriles is 1. The third kappa shape index (κ3) is 4.46. The Balaban J connectivity index is 1.59. The van der Waals surface area contributed by atoms with Crippen molar-refractivity contribution < 1.29 is 19.0 Å². The topological polar surface area (TPSA) is 81.4 Å². The van der Waals surface area contributed by atoms with Crippen molar-refractivity contribution in [2.75, 3.05) is 14.2 Å². The Bertz CT molecular complexity index is 1320. The number of benzene rings is 3. The lowest BCUT2D eigenvalue weighted by Crippen LogP contribution is -2.09. The van der Waals surface area contributed by atoms with E-state index in [1.54, 1.807) is 55.7 Å². The highest BCUT2D eigenvalue weighted by atomic mass is 32.1. The van der Waals surface area contributed by atoms with Gasteiger partial charge in [0.05, 0.1) is 35.6 Å². The highest BCUT2D eigenvalue weighted by molar-refractivity contribution is 7.19. The summed E-state index contributed by atoms with van der Waals surface area (Å²) in [5, 5.41) is 10.3. The summed E-state index contributed by atoms with van der Waals surface area (Å²) < 4.78 is 17.0. The molecule has 0 aliphatic heterocycles. The summed E-state index contributed by atoms with van der Waals surface area (Å²) in [5.74, 6) is 0.796. The number of carbonyl (C=O) groups excluding carboxylic acids is 1. The predicted octanol–water partition coefficient (Wildman–Crippen LogP) is 5.60. The van der Waals surface area contributed by atoms with Gasteiger partial charge in [-0.3, -0.25) is 0 Å². The SMILES string of the molecule is COc1ccc(C(=O)Oc2ccc(C=C(C#N)c3nc4ccccc4s3)cc2OC)cc1. The maximum Gasteiger partial charge on any atom is 0.343 e.